The van der Waals surface area contributed by atoms with Crippen LogP contribution in [0, 0.1) is 5.82 Å². The number of benzene rings is 1. The molecule has 0 bridgehead atoms. The molecule has 0 radical (unpaired) electrons. The summed E-state index contributed by atoms with van der Waals surface area (Å²) in [5.41, 5.74) is 6.30. The zero-order valence-corrected chi connectivity index (χ0v) is 7.74. The van der Waals surface area contributed by atoms with E-state index in [1.54, 1.807) is 12.3 Å². The van der Waals surface area contributed by atoms with Crippen LogP contribution in [0.3, 0.4) is 0 Å². The maximum absolute atomic E-state index is 13.5. The fourth-order valence-corrected chi connectivity index (χ4v) is 1.38. The first-order valence-corrected chi connectivity index (χ1v) is 4.28. The molecule has 0 saturated carbocycles. The van der Waals surface area contributed by atoms with Gasteiger partial charge < -0.3 is 10.9 Å². The van der Waals surface area contributed by atoms with E-state index in [4.69, 9.17) is 10.9 Å². The van der Waals surface area contributed by atoms with Gasteiger partial charge in [0, 0.05) is 11.8 Å². The highest BCUT2D eigenvalue weighted by Gasteiger charge is 2.07. The van der Waals surface area contributed by atoms with Crippen LogP contribution < -0.4 is 5.73 Å². The molecule has 5 nitrogen and oxygen atoms in total. The summed E-state index contributed by atoms with van der Waals surface area (Å²) in [6.45, 7) is 0. The zero-order chi connectivity index (χ0) is 10.8. The number of aromatic nitrogens is 2. The van der Waals surface area contributed by atoms with Gasteiger partial charge in [0.25, 0.3) is 0 Å². The number of nitrogens with one attached hydrogen (secondary N) is 1. The van der Waals surface area contributed by atoms with Gasteiger partial charge in [0.1, 0.15) is 11.7 Å². The number of hydrogen-bond acceptors (Lipinski definition) is 3. The third-order valence-corrected chi connectivity index (χ3v) is 2.11. The summed E-state index contributed by atoms with van der Waals surface area (Å²) in [5.74, 6) is -0.435. The highest BCUT2D eigenvalue weighted by molar-refractivity contribution is 5.84. The Morgan fingerprint density at radius 2 is 2.40 bits per heavy atom. The molecule has 1 aromatic carbocycles. The molecule has 4 N–H and O–H groups in total. The van der Waals surface area contributed by atoms with Crippen LogP contribution in [0.2, 0.25) is 0 Å². The first-order valence-electron chi connectivity index (χ1n) is 4.28. The quantitative estimate of drug-likeness (QED) is 0.297. The highest BCUT2D eigenvalue weighted by Crippen LogP contribution is 2.17. The minimum absolute atomic E-state index is 0.0308. The fourth-order valence-electron chi connectivity index (χ4n) is 1.38. The van der Waals surface area contributed by atoms with Crippen LogP contribution in [0.1, 0.15) is 5.56 Å². The number of nitrogens with zero attached hydrogens (tertiary/aromatic N) is 2. The highest BCUT2D eigenvalue weighted by atomic mass is 19.1. The molecule has 15 heavy (non-hydrogen) atoms. The standard InChI is InChI=1S/C9H9FN4O/c10-7-3-8-6(4-12-13-8)1-5(7)2-9(11)14-15/h1,3-4,15H,2H2,(H2,11,14)(H,12,13). The second kappa shape index (κ2) is 3.56. The number of amidine groups is 1. The van der Waals surface area contributed by atoms with E-state index in [0.29, 0.717) is 11.1 Å². The molecule has 0 aliphatic heterocycles. The van der Waals surface area contributed by atoms with E-state index in [9.17, 15) is 4.39 Å². The molecule has 6 heteroatoms. The summed E-state index contributed by atoms with van der Waals surface area (Å²) in [6, 6.07) is 2.95. The normalized spacial score (nSPS) is 12.2. The topological polar surface area (TPSA) is 87.3 Å². The van der Waals surface area contributed by atoms with Crippen molar-refractivity contribution >= 4 is 16.7 Å². The molecular formula is C9H9FN4O. The zero-order valence-electron chi connectivity index (χ0n) is 7.74. The number of oxime groups is 1. The van der Waals surface area contributed by atoms with Gasteiger partial charge >= 0.3 is 0 Å². The number of halogens is 1. The Kier molecular flexibility index (Phi) is 2.24. The molecule has 2 aromatic rings. The number of fused-ring (bicyclic) bond motifs is 1. The monoisotopic (exact) mass is 208 g/mol. The summed E-state index contributed by atoms with van der Waals surface area (Å²) < 4.78 is 13.5. The second-order valence-electron chi connectivity index (χ2n) is 3.17. The van der Waals surface area contributed by atoms with Crippen molar-refractivity contribution in [2.24, 2.45) is 10.9 Å². The third-order valence-electron chi connectivity index (χ3n) is 2.11. The van der Waals surface area contributed by atoms with Gasteiger partial charge in [-0.3, -0.25) is 5.10 Å². The predicted octanol–water partition coefficient (Wildman–Crippen LogP) is 0.991. The molecule has 0 atom stereocenters. The Labute approximate surface area is 84.4 Å². The lowest BCUT2D eigenvalue weighted by molar-refractivity contribution is 0.317. The summed E-state index contributed by atoms with van der Waals surface area (Å²) in [4.78, 5) is 0. The minimum atomic E-state index is -0.404. The molecule has 0 saturated heterocycles. The van der Waals surface area contributed by atoms with E-state index in [1.807, 2.05) is 0 Å². The Hall–Kier alpha value is -2.11. The molecule has 0 aliphatic rings. The Bertz CT molecular complexity index is 520. The van der Waals surface area contributed by atoms with Crippen molar-refractivity contribution in [2.75, 3.05) is 0 Å². The Morgan fingerprint density at radius 1 is 1.60 bits per heavy atom. The van der Waals surface area contributed by atoms with Crippen LogP contribution in [0.15, 0.2) is 23.5 Å². The fraction of sp³-hybridized carbons (Fsp3) is 0.111. The van der Waals surface area contributed by atoms with Crippen LogP contribution >= 0.6 is 0 Å². The first-order chi connectivity index (χ1) is 7.20. The van der Waals surface area contributed by atoms with Gasteiger partial charge in [-0.15, -0.1) is 0 Å². The van der Waals surface area contributed by atoms with Gasteiger partial charge in [-0.1, -0.05) is 5.16 Å². The molecule has 1 aromatic heterocycles. The molecule has 2 rings (SSSR count). The lowest BCUT2D eigenvalue weighted by Crippen LogP contribution is -2.15. The van der Waals surface area contributed by atoms with Gasteiger partial charge in [0.05, 0.1) is 11.7 Å². The van der Waals surface area contributed by atoms with E-state index < -0.39 is 5.82 Å². The van der Waals surface area contributed by atoms with Gasteiger partial charge in [-0.2, -0.15) is 5.10 Å². The number of rotatable bonds is 2. The number of aromatic amines is 1. The number of nitrogens with two attached hydrogens (primary N) is 1. The van der Waals surface area contributed by atoms with Crippen molar-refractivity contribution in [1.29, 1.82) is 0 Å². The lowest BCUT2D eigenvalue weighted by atomic mass is 10.1. The molecule has 1 heterocycles. The van der Waals surface area contributed by atoms with Crippen molar-refractivity contribution in [1.82, 2.24) is 10.2 Å². The largest absolute Gasteiger partial charge is 0.409 e. The van der Waals surface area contributed by atoms with Crippen LogP contribution in [0.5, 0.6) is 0 Å². The van der Waals surface area contributed by atoms with Crippen molar-refractivity contribution < 1.29 is 9.60 Å². The molecule has 0 aliphatic carbocycles. The second-order valence-corrected chi connectivity index (χ2v) is 3.17. The summed E-state index contributed by atoms with van der Waals surface area (Å²) in [7, 11) is 0. The van der Waals surface area contributed by atoms with Gasteiger partial charge in [-0.05, 0) is 17.7 Å². The Balaban J connectivity index is 2.46. The molecule has 78 valence electrons. The van der Waals surface area contributed by atoms with E-state index in [1.165, 1.54) is 6.07 Å². The maximum Gasteiger partial charge on any atom is 0.143 e. The summed E-state index contributed by atoms with van der Waals surface area (Å²) in [6.07, 6.45) is 1.66. The molecule has 0 amide bonds. The van der Waals surface area contributed by atoms with E-state index in [0.717, 1.165) is 5.39 Å². The summed E-state index contributed by atoms with van der Waals surface area (Å²) in [5, 5.41) is 18.4. The van der Waals surface area contributed by atoms with Gasteiger partial charge in [-0.25, -0.2) is 4.39 Å². The average molecular weight is 208 g/mol. The predicted molar refractivity (Wildman–Crippen MR) is 53.2 cm³/mol. The minimum Gasteiger partial charge on any atom is -0.409 e. The van der Waals surface area contributed by atoms with Gasteiger partial charge in [0.15, 0.2) is 0 Å². The van der Waals surface area contributed by atoms with Crippen LogP contribution in [-0.4, -0.2) is 21.2 Å². The van der Waals surface area contributed by atoms with Crippen molar-refractivity contribution in [3.8, 4) is 0 Å². The molecule has 0 spiro atoms. The van der Waals surface area contributed by atoms with E-state index in [2.05, 4.69) is 15.4 Å². The maximum atomic E-state index is 13.5. The van der Waals surface area contributed by atoms with Crippen molar-refractivity contribution in [2.45, 2.75) is 6.42 Å². The van der Waals surface area contributed by atoms with Crippen LogP contribution in [0.4, 0.5) is 4.39 Å². The Morgan fingerprint density at radius 3 is 3.13 bits per heavy atom. The first kappa shape index (κ1) is 9.45. The van der Waals surface area contributed by atoms with E-state index >= 15 is 0 Å². The van der Waals surface area contributed by atoms with Crippen molar-refractivity contribution in [3.05, 3.63) is 29.7 Å². The lowest BCUT2D eigenvalue weighted by Gasteiger charge is -2.01. The number of hydrogen-bond donors (Lipinski definition) is 3. The van der Waals surface area contributed by atoms with Gasteiger partial charge in [0.2, 0.25) is 0 Å². The van der Waals surface area contributed by atoms with E-state index in [-0.39, 0.29) is 12.3 Å². The average Bonchev–Trinajstić information content (AvgIpc) is 2.65. The SMILES string of the molecule is N/C(Cc1cc2cn[nH]c2cc1F)=N\O. The summed E-state index contributed by atoms with van der Waals surface area (Å²) >= 11 is 0. The third kappa shape index (κ3) is 1.74. The molecular weight excluding hydrogens is 199 g/mol. The van der Waals surface area contributed by atoms with Crippen LogP contribution in [0.25, 0.3) is 10.9 Å². The number of H-pyrrole nitrogens is 1. The van der Waals surface area contributed by atoms with Crippen LogP contribution in [-0.2, 0) is 6.42 Å². The molecule has 0 unspecified atom stereocenters. The van der Waals surface area contributed by atoms with Crippen molar-refractivity contribution in [3.63, 3.8) is 0 Å². The molecule has 0 fully saturated rings. The smallest absolute Gasteiger partial charge is 0.143 e.